The first-order valence-corrected chi connectivity index (χ1v) is 12.0. The van der Waals surface area contributed by atoms with Crippen LogP contribution >= 0.6 is 23.1 Å². The Morgan fingerprint density at radius 3 is 2.66 bits per heavy atom. The van der Waals surface area contributed by atoms with Crippen LogP contribution in [0.15, 0.2) is 34.7 Å². The average Bonchev–Trinajstić information content (AvgIpc) is 3.41. The van der Waals surface area contributed by atoms with Crippen LogP contribution in [0.3, 0.4) is 0 Å². The van der Waals surface area contributed by atoms with E-state index in [4.69, 9.17) is 5.11 Å². The van der Waals surface area contributed by atoms with Gasteiger partial charge in [0.1, 0.15) is 0 Å². The molecule has 1 heterocycles. The van der Waals surface area contributed by atoms with Crippen molar-refractivity contribution in [2.75, 3.05) is 22.5 Å². The number of rotatable bonds is 8. The fourth-order valence-corrected chi connectivity index (χ4v) is 5.41. The van der Waals surface area contributed by atoms with Gasteiger partial charge in [0.15, 0.2) is 5.13 Å². The number of carbonyl (C=O) groups excluding carboxylic acids is 1. The maximum absolute atomic E-state index is 13.6. The SMILES string of the molecule is CC(CSc1cnc(NC(=O)N(CC2CCCC2)c2ccccc2C(F)(F)F)s1)C(=O)O. The summed E-state index contributed by atoms with van der Waals surface area (Å²) in [5.74, 6) is -0.957. The van der Waals surface area contributed by atoms with Crippen molar-refractivity contribution in [1.82, 2.24) is 4.98 Å². The van der Waals surface area contributed by atoms with Crippen molar-refractivity contribution in [2.24, 2.45) is 11.8 Å². The van der Waals surface area contributed by atoms with Crippen molar-refractivity contribution in [3.05, 3.63) is 36.0 Å². The molecule has 1 aliphatic rings. The van der Waals surface area contributed by atoms with Crippen LogP contribution in [0.25, 0.3) is 0 Å². The molecule has 0 spiro atoms. The molecule has 1 aromatic carbocycles. The summed E-state index contributed by atoms with van der Waals surface area (Å²) in [6, 6.07) is 4.42. The normalized spacial score (nSPS) is 15.5. The highest BCUT2D eigenvalue weighted by molar-refractivity contribution is 8.01. The number of alkyl halides is 3. The maximum atomic E-state index is 13.6. The van der Waals surface area contributed by atoms with Gasteiger partial charge in [0.05, 0.1) is 27.6 Å². The Bertz CT molecular complexity index is 946. The molecular weight excluding hydrogens is 463 g/mol. The largest absolute Gasteiger partial charge is 0.481 e. The van der Waals surface area contributed by atoms with E-state index in [-0.39, 0.29) is 23.3 Å². The number of hydrogen-bond acceptors (Lipinski definition) is 5. The Balaban J connectivity index is 1.78. The molecule has 3 rings (SSSR count). The second-order valence-corrected chi connectivity index (χ2v) is 10.1. The average molecular weight is 488 g/mol. The lowest BCUT2D eigenvalue weighted by Crippen LogP contribution is -2.39. The summed E-state index contributed by atoms with van der Waals surface area (Å²) in [4.78, 5) is 29.3. The van der Waals surface area contributed by atoms with Crippen LogP contribution in [0.4, 0.5) is 28.8 Å². The molecule has 11 heteroatoms. The first-order valence-electron chi connectivity index (χ1n) is 10.2. The van der Waals surface area contributed by atoms with Crippen molar-refractivity contribution in [3.63, 3.8) is 0 Å². The third-order valence-corrected chi connectivity index (χ3v) is 7.62. The predicted octanol–water partition coefficient (Wildman–Crippen LogP) is 6.20. The highest BCUT2D eigenvalue weighted by Crippen LogP contribution is 2.38. The lowest BCUT2D eigenvalue weighted by atomic mass is 10.1. The van der Waals surface area contributed by atoms with Gasteiger partial charge in [-0.2, -0.15) is 13.2 Å². The van der Waals surface area contributed by atoms with E-state index in [9.17, 15) is 22.8 Å². The Hall–Kier alpha value is -2.27. The molecule has 1 aliphatic carbocycles. The third-order valence-electron chi connectivity index (χ3n) is 5.26. The number of halogens is 3. The van der Waals surface area contributed by atoms with Gasteiger partial charge in [-0.25, -0.2) is 9.78 Å². The summed E-state index contributed by atoms with van der Waals surface area (Å²) < 4.78 is 41.5. The van der Waals surface area contributed by atoms with Crippen molar-refractivity contribution in [3.8, 4) is 0 Å². The van der Waals surface area contributed by atoms with Crippen LogP contribution in [0.1, 0.15) is 38.2 Å². The van der Waals surface area contributed by atoms with Crippen molar-refractivity contribution < 1.29 is 27.9 Å². The van der Waals surface area contributed by atoms with Gasteiger partial charge in [-0.05, 0) is 30.9 Å². The Labute approximate surface area is 192 Å². The number of benzene rings is 1. The fraction of sp³-hybridized carbons (Fsp3) is 0.476. The number of aromatic nitrogens is 1. The van der Waals surface area contributed by atoms with Gasteiger partial charge in [-0.1, -0.05) is 43.2 Å². The number of carbonyl (C=O) groups is 2. The molecule has 2 aromatic rings. The maximum Gasteiger partial charge on any atom is 0.418 e. The minimum atomic E-state index is -4.59. The lowest BCUT2D eigenvalue weighted by Gasteiger charge is -2.28. The van der Waals surface area contributed by atoms with E-state index >= 15 is 0 Å². The minimum absolute atomic E-state index is 0.141. The van der Waals surface area contributed by atoms with Crippen LogP contribution in [0, 0.1) is 11.8 Å². The zero-order valence-electron chi connectivity index (χ0n) is 17.4. The molecule has 32 heavy (non-hydrogen) atoms. The molecule has 2 N–H and O–H groups in total. The molecule has 1 atom stereocenters. The molecule has 2 amide bonds. The number of thioether (sulfide) groups is 1. The highest BCUT2D eigenvalue weighted by atomic mass is 32.2. The van der Waals surface area contributed by atoms with E-state index in [1.54, 1.807) is 6.92 Å². The molecule has 6 nitrogen and oxygen atoms in total. The summed E-state index contributed by atoms with van der Waals surface area (Å²) in [5.41, 5.74) is -1.03. The van der Waals surface area contributed by atoms with E-state index in [0.717, 1.165) is 43.1 Å². The Morgan fingerprint density at radius 2 is 2.00 bits per heavy atom. The molecule has 0 aliphatic heterocycles. The zero-order valence-corrected chi connectivity index (χ0v) is 19.0. The van der Waals surface area contributed by atoms with E-state index in [1.165, 1.54) is 41.1 Å². The second kappa shape index (κ2) is 10.6. The Morgan fingerprint density at radius 1 is 1.31 bits per heavy atom. The minimum Gasteiger partial charge on any atom is -0.481 e. The number of carboxylic acids is 1. The number of thiazole rings is 1. The summed E-state index contributed by atoms with van der Waals surface area (Å²) >= 11 is 2.46. The number of para-hydroxylation sites is 1. The van der Waals surface area contributed by atoms with Gasteiger partial charge >= 0.3 is 18.2 Å². The summed E-state index contributed by atoms with van der Waals surface area (Å²) in [6.45, 7) is 1.79. The Kier molecular flexibility index (Phi) is 8.05. The number of nitrogens with zero attached hydrogens (tertiary/aromatic N) is 2. The fourth-order valence-electron chi connectivity index (χ4n) is 3.51. The first-order chi connectivity index (χ1) is 15.1. The number of hydrogen-bond donors (Lipinski definition) is 2. The van der Waals surface area contributed by atoms with Crippen LogP contribution in [-0.4, -0.2) is 34.4 Å². The monoisotopic (exact) mass is 487 g/mol. The van der Waals surface area contributed by atoms with Crippen LogP contribution < -0.4 is 10.2 Å². The number of nitrogens with one attached hydrogen (secondary N) is 1. The molecular formula is C21H24F3N3O3S2. The first kappa shape index (κ1) is 24.4. The van der Waals surface area contributed by atoms with Gasteiger partial charge in [-0.3, -0.25) is 15.0 Å². The van der Waals surface area contributed by atoms with E-state index in [1.807, 2.05) is 0 Å². The van der Waals surface area contributed by atoms with E-state index < -0.39 is 29.7 Å². The molecule has 1 fully saturated rings. The van der Waals surface area contributed by atoms with E-state index in [2.05, 4.69) is 10.3 Å². The zero-order chi connectivity index (χ0) is 23.3. The lowest BCUT2D eigenvalue weighted by molar-refractivity contribution is -0.140. The number of amides is 2. The van der Waals surface area contributed by atoms with Gasteiger partial charge < -0.3 is 5.11 Å². The second-order valence-electron chi connectivity index (χ2n) is 7.74. The van der Waals surface area contributed by atoms with Gasteiger partial charge in [-0.15, -0.1) is 11.8 Å². The quantitative estimate of drug-likeness (QED) is 0.433. The molecule has 1 unspecified atom stereocenters. The van der Waals surface area contributed by atoms with E-state index in [0.29, 0.717) is 9.96 Å². The number of aliphatic carboxylic acids is 1. The van der Waals surface area contributed by atoms with Crippen LogP contribution in [0.5, 0.6) is 0 Å². The molecule has 1 aromatic heterocycles. The third kappa shape index (κ3) is 6.38. The number of anilines is 2. The van der Waals surface area contributed by atoms with Gasteiger partial charge in [0.25, 0.3) is 0 Å². The van der Waals surface area contributed by atoms with Crippen LogP contribution in [-0.2, 0) is 11.0 Å². The predicted molar refractivity (Wildman–Crippen MR) is 119 cm³/mol. The smallest absolute Gasteiger partial charge is 0.418 e. The van der Waals surface area contributed by atoms with Gasteiger partial charge in [0, 0.05) is 12.3 Å². The van der Waals surface area contributed by atoms with Crippen molar-refractivity contribution in [1.29, 1.82) is 0 Å². The summed E-state index contributed by atoms with van der Waals surface area (Å²) in [6.07, 6.45) is 0.683. The highest BCUT2D eigenvalue weighted by Gasteiger charge is 2.36. The van der Waals surface area contributed by atoms with Crippen molar-refractivity contribution in [2.45, 2.75) is 43.0 Å². The number of urea groups is 1. The summed E-state index contributed by atoms with van der Waals surface area (Å²) in [5, 5.41) is 11.9. The summed E-state index contributed by atoms with van der Waals surface area (Å²) in [7, 11) is 0. The number of carboxylic acid groups (broad SMARTS) is 1. The molecule has 0 radical (unpaired) electrons. The molecule has 0 bridgehead atoms. The van der Waals surface area contributed by atoms with Crippen LogP contribution in [0.2, 0.25) is 0 Å². The van der Waals surface area contributed by atoms with Gasteiger partial charge in [0.2, 0.25) is 0 Å². The standard InChI is InChI=1S/C21H24F3N3O3S2/c1-13(18(28)29)12-31-17-10-25-19(32-17)26-20(30)27(11-14-6-2-3-7-14)16-9-5-4-8-15(16)21(22,23)24/h4-5,8-10,13-14H,2-3,6-7,11-12H2,1H3,(H,28,29)(H,25,26,30). The molecule has 1 saturated carbocycles. The van der Waals surface area contributed by atoms with Crippen molar-refractivity contribution >= 4 is 45.9 Å². The molecule has 0 saturated heterocycles. The topological polar surface area (TPSA) is 82.5 Å². The molecule has 174 valence electrons.